The summed E-state index contributed by atoms with van der Waals surface area (Å²) < 4.78 is 0. The molecule has 0 spiro atoms. The van der Waals surface area contributed by atoms with Crippen molar-refractivity contribution in [3.05, 3.63) is 48.5 Å². The summed E-state index contributed by atoms with van der Waals surface area (Å²) in [5.74, 6) is 0.615. The molecule has 0 aromatic heterocycles. The molecule has 0 aliphatic carbocycles. The van der Waals surface area contributed by atoms with Crippen LogP contribution in [0.4, 0.5) is 11.4 Å². The molecule has 0 amide bonds. The molecule has 0 N–H and O–H groups in total. The second-order valence-electron chi connectivity index (χ2n) is 6.02. The SMILES string of the molecule is CC(CN(C)C)CN1c2ccccc2Sc2ccccc21.Cl. The summed E-state index contributed by atoms with van der Waals surface area (Å²) in [6.45, 7) is 4.48. The van der Waals surface area contributed by atoms with Gasteiger partial charge in [0.25, 0.3) is 0 Å². The van der Waals surface area contributed by atoms with Gasteiger partial charge in [-0.05, 0) is 44.3 Å². The first-order chi connectivity index (χ1) is 10.1. The van der Waals surface area contributed by atoms with Gasteiger partial charge < -0.3 is 9.80 Å². The van der Waals surface area contributed by atoms with Gasteiger partial charge in [0, 0.05) is 22.9 Å². The van der Waals surface area contributed by atoms with Gasteiger partial charge in [-0.15, -0.1) is 12.4 Å². The molecule has 0 bridgehead atoms. The molecule has 0 saturated carbocycles. The molecule has 2 nitrogen and oxygen atoms in total. The number of halogens is 1. The smallest absolute Gasteiger partial charge is 0.0552 e. The Morgan fingerprint density at radius 2 is 1.45 bits per heavy atom. The Bertz CT molecular complexity index is 584. The van der Waals surface area contributed by atoms with Gasteiger partial charge in [-0.2, -0.15) is 0 Å². The van der Waals surface area contributed by atoms with Crippen LogP contribution in [-0.2, 0) is 0 Å². The Labute approximate surface area is 143 Å². The lowest BCUT2D eigenvalue weighted by Gasteiger charge is -2.35. The van der Waals surface area contributed by atoms with Crippen molar-refractivity contribution in [2.75, 3.05) is 32.1 Å². The van der Waals surface area contributed by atoms with Crippen molar-refractivity contribution in [2.45, 2.75) is 16.7 Å². The Balaban J connectivity index is 0.00000176. The van der Waals surface area contributed by atoms with Crippen LogP contribution in [0.5, 0.6) is 0 Å². The highest BCUT2D eigenvalue weighted by molar-refractivity contribution is 7.99. The van der Waals surface area contributed by atoms with E-state index in [2.05, 4.69) is 79.3 Å². The van der Waals surface area contributed by atoms with Gasteiger partial charge in [-0.1, -0.05) is 43.0 Å². The third-order valence-electron chi connectivity index (χ3n) is 3.70. The first-order valence-corrected chi connectivity index (χ1v) is 8.25. The highest BCUT2D eigenvalue weighted by Crippen LogP contribution is 2.47. The van der Waals surface area contributed by atoms with Crippen LogP contribution in [0.1, 0.15) is 6.92 Å². The van der Waals surface area contributed by atoms with Crippen LogP contribution >= 0.6 is 24.2 Å². The van der Waals surface area contributed by atoms with Crippen molar-refractivity contribution in [1.29, 1.82) is 0 Å². The van der Waals surface area contributed by atoms with E-state index in [-0.39, 0.29) is 12.4 Å². The highest BCUT2D eigenvalue weighted by Gasteiger charge is 2.23. The lowest BCUT2D eigenvalue weighted by atomic mass is 10.1. The number of anilines is 2. The molecule has 1 aliphatic rings. The van der Waals surface area contributed by atoms with E-state index in [4.69, 9.17) is 0 Å². The number of rotatable bonds is 4. The van der Waals surface area contributed by atoms with Crippen molar-refractivity contribution >= 4 is 35.5 Å². The molecule has 2 aromatic carbocycles. The third kappa shape index (κ3) is 3.60. The first-order valence-electron chi connectivity index (χ1n) is 7.43. The quantitative estimate of drug-likeness (QED) is 0.784. The van der Waals surface area contributed by atoms with Gasteiger partial charge in [0.15, 0.2) is 0 Å². The molecule has 22 heavy (non-hydrogen) atoms. The van der Waals surface area contributed by atoms with Gasteiger partial charge in [0.2, 0.25) is 0 Å². The summed E-state index contributed by atoms with van der Waals surface area (Å²) in [6, 6.07) is 17.4. The average molecular weight is 335 g/mol. The molecule has 1 aliphatic heterocycles. The molecule has 3 rings (SSSR count). The zero-order valence-electron chi connectivity index (χ0n) is 13.3. The standard InChI is InChI=1S/C18H22N2S.ClH/c1-14(12-19(2)3)13-20-15-8-4-6-10-17(15)21-18-11-7-5-9-16(18)20;/h4-11,14H,12-13H2,1-3H3;1H. The number of fused-ring (bicyclic) bond motifs is 2. The Morgan fingerprint density at radius 1 is 0.955 bits per heavy atom. The number of benzene rings is 2. The van der Waals surface area contributed by atoms with E-state index in [9.17, 15) is 0 Å². The summed E-state index contributed by atoms with van der Waals surface area (Å²) in [5.41, 5.74) is 2.68. The summed E-state index contributed by atoms with van der Waals surface area (Å²) in [6.07, 6.45) is 0. The van der Waals surface area contributed by atoms with Crippen LogP contribution in [0.15, 0.2) is 58.3 Å². The van der Waals surface area contributed by atoms with Gasteiger partial charge in [-0.3, -0.25) is 0 Å². The number of hydrogen-bond acceptors (Lipinski definition) is 3. The fourth-order valence-corrected chi connectivity index (χ4v) is 4.07. The minimum Gasteiger partial charge on any atom is -0.339 e. The van der Waals surface area contributed by atoms with E-state index in [0.717, 1.165) is 13.1 Å². The maximum Gasteiger partial charge on any atom is 0.0552 e. The maximum atomic E-state index is 2.48. The Morgan fingerprint density at radius 3 is 1.95 bits per heavy atom. The molecular formula is C18H23ClN2S. The zero-order valence-corrected chi connectivity index (χ0v) is 15.0. The zero-order chi connectivity index (χ0) is 14.8. The van der Waals surface area contributed by atoms with Gasteiger partial charge >= 0.3 is 0 Å². The van der Waals surface area contributed by atoms with Crippen molar-refractivity contribution in [1.82, 2.24) is 4.90 Å². The van der Waals surface area contributed by atoms with E-state index in [0.29, 0.717) is 5.92 Å². The van der Waals surface area contributed by atoms with Crippen LogP contribution < -0.4 is 4.90 Å². The molecule has 4 heteroatoms. The second kappa shape index (κ2) is 7.40. The second-order valence-corrected chi connectivity index (χ2v) is 7.10. The van der Waals surface area contributed by atoms with Gasteiger partial charge in [0.1, 0.15) is 0 Å². The predicted molar refractivity (Wildman–Crippen MR) is 99.0 cm³/mol. The van der Waals surface area contributed by atoms with Crippen LogP contribution in [-0.4, -0.2) is 32.1 Å². The minimum absolute atomic E-state index is 0. The Kier molecular flexibility index (Phi) is 5.79. The van der Waals surface area contributed by atoms with Crippen LogP contribution in [0.3, 0.4) is 0 Å². The lowest BCUT2D eigenvalue weighted by Crippen LogP contribution is -2.31. The first kappa shape index (κ1) is 17.2. The summed E-state index contributed by atoms with van der Waals surface area (Å²) in [4.78, 5) is 7.46. The molecule has 118 valence electrons. The summed E-state index contributed by atoms with van der Waals surface area (Å²) in [5, 5.41) is 0. The van der Waals surface area contributed by atoms with Gasteiger partial charge in [0.05, 0.1) is 11.4 Å². The van der Waals surface area contributed by atoms with E-state index < -0.39 is 0 Å². The van der Waals surface area contributed by atoms with E-state index in [1.165, 1.54) is 21.2 Å². The molecule has 0 radical (unpaired) electrons. The molecule has 0 fully saturated rings. The normalized spacial score (nSPS) is 14.1. The Hall–Kier alpha value is -1.16. The molecule has 1 atom stereocenters. The molecular weight excluding hydrogens is 312 g/mol. The molecule has 1 heterocycles. The number of nitrogens with zero attached hydrogens (tertiary/aromatic N) is 2. The van der Waals surface area contributed by atoms with Crippen molar-refractivity contribution in [3.63, 3.8) is 0 Å². The predicted octanol–water partition coefficient (Wildman–Crippen LogP) is 4.91. The van der Waals surface area contributed by atoms with Gasteiger partial charge in [-0.25, -0.2) is 0 Å². The lowest BCUT2D eigenvalue weighted by molar-refractivity contribution is 0.343. The van der Waals surface area contributed by atoms with E-state index in [1.54, 1.807) is 0 Å². The average Bonchev–Trinajstić information content (AvgIpc) is 2.46. The van der Waals surface area contributed by atoms with Crippen LogP contribution in [0, 0.1) is 5.92 Å². The van der Waals surface area contributed by atoms with Crippen LogP contribution in [0.2, 0.25) is 0 Å². The number of para-hydroxylation sites is 2. The third-order valence-corrected chi connectivity index (χ3v) is 4.83. The van der Waals surface area contributed by atoms with Crippen molar-refractivity contribution in [3.8, 4) is 0 Å². The summed E-state index contributed by atoms with van der Waals surface area (Å²) >= 11 is 1.88. The van der Waals surface area contributed by atoms with E-state index in [1.807, 2.05) is 11.8 Å². The highest BCUT2D eigenvalue weighted by atomic mass is 35.5. The fourth-order valence-electron chi connectivity index (χ4n) is 2.97. The molecule has 0 saturated heterocycles. The summed E-state index contributed by atoms with van der Waals surface area (Å²) in [7, 11) is 4.29. The van der Waals surface area contributed by atoms with Crippen molar-refractivity contribution in [2.24, 2.45) is 5.92 Å². The molecule has 1 unspecified atom stereocenters. The van der Waals surface area contributed by atoms with Crippen LogP contribution in [0.25, 0.3) is 0 Å². The monoisotopic (exact) mass is 334 g/mol. The van der Waals surface area contributed by atoms with E-state index >= 15 is 0 Å². The van der Waals surface area contributed by atoms with Crippen molar-refractivity contribution < 1.29 is 0 Å². The minimum atomic E-state index is 0. The topological polar surface area (TPSA) is 6.48 Å². The fraction of sp³-hybridized carbons (Fsp3) is 0.333. The molecule has 2 aromatic rings. The largest absolute Gasteiger partial charge is 0.339 e. The maximum absolute atomic E-state index is 2.48. The number of hydrogen-bond donors (Lipinski definition) is 0.